The number of carbonyl (C=O) groups is 2. The van der Waals surface area contributed by atoms with Crippen LogP contribution in [0.2, 0.25) is 0 Å². The highest BCUT2D eigenvalue weighted by Gasteiger charge is 2.35. The number of anilines is 1. The Bertz CT molecular complexity index is 677. The predicted molar refractivity (Wildman–Crippen MR) is 79.1 cm³/mol. The van der Waals surface area contributed by atoms with Gasteiger partial charge in [-0.1, -0.05) is 0 Å². The molecule has 0 atom stereocenters. The van der Waals surface area contributed by atoms with Crippen LogP contribution >= 0.6 is 0 Å². The minimum Gasteiger partial charge on any atom is -0.466 e. The summed E-state index contributed by atoms with van der Waals surface area (Å²) in [5.41, 5.74) is 0.892. The summed E-state index contributed by atoms with van der Waals surface area (Å²) in [6.07, 6.45) is 3.11. The molecule has 3 rings (SSSR count). The number of nitriles is 1. The lowest BCUT2D eigenvalue weighted by Gasteiger charge is -2.39. The zero-order valence-corrected chi connectivity index (χ0v) is 12.4. The van der Waals surface area contributed by atoms with E-state index in [2.05, 4.69) is 10.3 Å². The molecule has 1 aliphatic carbocycles. The highest BCUT2D eigenvalue weighted by molar-refractivity contribution is 5.98. The zero-order chi connectivity index (χ0) is 16.4. The first-order chi connectivity index (χ1) is 11.1. The van der Waals surface area contributed by atoms with Crippen molar-refractivity contribution in [1.29, 1.82) is 5.26 Å². The summed E-state index contributed by atoms with van der Waals surface area (Å²) in [6.45, 7) is -0.0702. The fourth-order valence-corrected chi connectivity index (χ4v) is 3.17. The Hall–Kier alpha value is -2.82. The third-order valence-corrected chi connectivity index (χ3v) is 4.21. The van der Waals surface area contributed by atoms with E-state index < -0.39 is 6.09 Å². The van der Waals surface area contributed by atoms with Crippen molar-refractivity contribution in [3.05, 3.63) is 17.8 Å². The van der Waals surface area contributed by atoms with Gasteiger partial charge in [-0.15, -0.1) is 0 Å². The van der Waals surface area contributed by atoms with Crippen LogP contribution in [-0.2, 0) is 4.79 Å². The van der Waals surface area contributed by atoms with Crippen molar-refractivity contribution < 1.29 is 19.4 Å². The van der Waals surface area contributed by atoms with Crippen LogP contribution < -0.4 is 15.0 Å². The number of aromatic nitrogens is 1. The molecule has 1 aromatic heterocycles. The maximum absolute atomic E-state index is 12.3. The summed E-state index contributed by atoms with van der Waals surface area (Å²) < 4.78 is 5.33. The number of carbonyl (C=O) groups excluding carboxylic acids is 1. The van der Waals surface area contributed by atoms with Crippen LogP contribution in [0.15, 0.2) is 12.3 Å². The van der Waals surface area contributed by atoms with E-state index in [-0.39, 0.29) is 24.6 Å². The molecule has 0 aromatic carbocycles. The third-order valence-electron chi connectivity index (χ3n) is 4.21. The van der Waals surface area contributed by atoms with Crippen LogP contribution in [0.3, 0.4) is 0 Å². The molecule has 23 heavy (non-hydrogen) atoms. The van der Waals surface area contributed by atoms with Gasteiger partial charge in [-0.2, -0.15) is 5.26 Å². The van der Waals surface area contributed by atoms with Gasteiger partial charge in [-0.25, -0.2) is 9.78 Å². The molecule has 0 spiro atoms. The van der Waals surface area contributed by atoms with Gasteiger partial charge in [0.2, 0.25) is 5.88 Å². The van der Waals surface area contributed by atoms with Crippen molar-refractivity contribution >= 4 is 17.7 Å². The second-order valence-electron chi connectivity index (χ2n) is 5.67. The molecule has 1 saturated carbocycles. The summed E-state index contributed by atoms with van der Waals surface area (Å²) in [5, 5.41) is 20.3. The van der Waals surface area contributed by atoms with E-state index in [1.807, 2.05) is 6.07 Å². The first-order valence-corrected chi connectivity index (χ1v) is 7.43. The predicted octanol–water partition coefficient (Wildman–Crippen LogP) is 1.26. The molecule has 0 unspecified atom stereocenters. The van der Waals surface area contributed by atoms with Gasteiger partial charge < -0.3 is 20.1 Å². The number of pyridine rings is 1. The number of nitrogens with one attached hydrogen (secondary N) is 1. The standard InChI is InChI=1S/C15H16N4O4/c16-6-9-5-12-14(17-7-9)23-8-13(20)19(12)11-3-1-10(2-4-11)18-15(21)22/h5,7,10-11,18H,1-4,8H2,(H,21,22). The minimum absolute atomic E-state index is 0.0345. The van der Waals surface area contributed by atoms with Gasteiger partial charge in [-0.05, 0) is 31.7 Å². The third kappa shape index (κ3) is 3.04. The zero-order valence-electron chi connectivity index (χ0n) is 12.4. The first-order valence-electron chi connectivity index (χ1n) is 7.43. The summed E-state index contributed by atoms with van der Waals surface area (Å²) in [6, 6.07) is 3.51. The lowest BCUT2D eigenvalue weighted by molar-refractivity contribution is -0.122. The smallest absolute Gasteiger partial charge is 0.404 e. The quantitative estimate of drug-likeness (QED) is 0.848. The molecule has 8 nitrogen and oxygen atoms in total. The maximum atomic E-state index is 12.3. The lowest BCUT2D eigenvalue weighted by atomic mass is 9.89. The lowest BCUT2D eigenvalue weighted by Crippen LogP contribution is -2.49. The SMILES string of the molecule is N#Cc1cnc2c(c1)N(C1CCC(NC(=O)O)CC1)C(=O)CO2. The Morgan fingerprint density at radius 1 is 1.43 bits per heavy atom. The summed E-state index contributed by atoms with van der Waals surface area (Å²) in [5.74, 6) is 0.193. The van der Waals surface area contributed by atoms with Crippen LogP contribution in [0.1, 0.15) is 31.2 Å². The highest BCUT2D eigenvalue weighted by Crippen LogP contribution is 2.35. The number of ether oxygens (including phenoxy) is 1. The summed E-state index contributed by atoms with van der Waals surface area (Å²) in [7, 11) is 0. The fourth-order valence-electron chi connectivity index (χ4n) is 3.17. The highest BCUT2D eigenvalue weighted by atomic mass is 16.5. The van der Waals surface area contributed by atoms with Crippen LogP contribution in [0.5, 0.6) is 5.88 Å². The van der Waals surface area contributed by atoms with E-state index in [4.69, 9.17) is 15.1 Å². The molecule has 0 bridgehead atoms. The van der Waals surface area contributed by atoms with Crippen LogP contribution in [-0.4, -0.2) is 40.8 Å². The molecule has 1 fully saturated rings. The molecule has 2 N–H and O–H groups in total. The van der Waals surface area contributed by atoms with Gasteiger partial charge in [0.25, 0.3) is 5.91 Å². The van der Waals surface area contributed by atoms with E-state index in [1.54, 1.807) is 11.0 Å². The van der Waals surface area contributed by atoms with Gasteiger partial charge in [0.1, 0.15) is 11.8 Å². The largest absolute Gasteiger partial charge is 0.466 e. The number of carboxylic acid groups (broad SMARTS) is 1. The van der Waals surface area contributed by atoms with Gasteiger partial charge >= 0.3 is 6.09 Å². The number of nitrogens with zero attached hydrogens (tertiary/aromatic N) is 3. The number of rotatable bonds is 2. The number of hydrogen-bond donors (Lipinski definition) is 2. The molecule has 2 heterocycles. The maximum Gasteiger partial charge on any atom is 0.404 e. The molecule has 120 valence electrons. The molecule has 2 aliphatic rings. The van der Waals surface area contributed by atoms with Gasteiger partial charge in [-0.3, -0.25) is 4.79 Å². The number of fused-ring (bicyclic) bond motifs is 1. The number of amides is 2. The first kappa shape index (κ1) is 15.1. The van der Waals surface area contributed by atoms with E-state index >= 15 is 0 Å². The van der Waals surface area contributed by atoms with Gasteiger partial charge in [0, 0.05) is 18.3 Å². The van der Waals surface area contributed by atoms with Gasteiger partial charge in [0.05, 0.1) is 5.56 Å². The van der Waals surface area contributed by atoms with Crippen LogP contribution in [0.4, 0.5) is 10.5 Å². The second-order valence-corrected chi connectivity index (χ2v) is 5.67. The molecular formula is C15H16N4O4. The summed E-state index contributed by atoms with van der Waals surface area (Å²) >= 11 is 0. The average molecular weight is 316 g/mol. The normalized spacial score (nSPS) is 23.4. The Morgan fingerprint density at radius 3 is 2.83 bits per heavy atom. The summed E-state index contributed by atoms with van der Waals surface area (Å²) in [4.78, 5) is 28.8. The fraction of sp³-hybridized carbons (Fsp3) is 0.467. The molecule has 8 heteroatoms. The Labute approximate surface area is 132 Å². The molecule has 2 amide bonds. The second kappa shape index (κ2) is 6.12. The van der Waals surface area contributed by atoms with Crippen LogP contribution in [0, 0.1) is 11.3 Å². The van der Waals surface area contributed by atoms with Crippen molar-refractivity contribution in [2.24, 2.45) is 0 Å². The van der Waals surface area contributed by atoms with Crippen molar-refractivity contribution in [2.45, 2.75) is 37.8 Å². The van der Waals surface area contributed by atoms with E-state index in [1.165, 1.54) is 6.20 Å². The number of hydrogen-bond acceptors (Lipinski definition) is 5. The molecular weight excluding hydrogens is 300 g/mol. The Balaban J connectivity index is 1.80. The molecule has 0 saturated heterocycles. The van der Waals surface area contributed by atoms with E-state index in [0.717, 1.165) is 0 Å². The molecule has 1 aliphatic heterocycles. The minimum atomic E-state index is -1.02. The van der Waals surface area contributed by atoms with Crippen molar-refractivity contribution in [3.63, 3.8) is 0 Å². The monoisotopic (exact) mass is 316 g/mol. The Kier molecular flexibility index (Phi) is 4.02. The van der Waals surface area contributed by atoms with E-state index in [9.17, 15) is 9.59 Å². The van der Waals surface area contributed by atoms with E-state index in [0.29, 0.717) is 42.8 Å². The van der Waals surface area contributed by atoms with Crippen molar-refractivity contribution in [2.75, 3.05) is 11.5 Å². The average Bonchev–Trinajstić information content (AvgIpc) is 2.55. The van der Waals surface area contributed by atoms with Crippen molar-refractivity contribution in [1.82, 2.24) is 10.3 Å². The Morgan fingerprint density at radius 2 is 2.17 bits per heavy atom. The molecule has 0 radical (unpaired) electrons. The van der Waals surface area contributed by atoms with Crippen LogP contribution in [0.25, 0.3) is 0 Å². The molecule has 1 aromatic rings. The topological polar surface area (TPSA) is 116 Å². The van der Waals surface area contributed by atoms with Gasteiger partial charge in [0.15, 0.2) is 6.61 Å². The van der Waals surface area contributed by atoms with Crippen molar-refractivity contribution in [3.8, 4) is 11.9 Å².